The van der Waals surface area contributed by atoms with Crippen molar-refractivity contribution in [2.24, 2.45) is 0 Å². The lowest BCUT2D eigenvalue weighted by Gasteiger charge is -2.11. The zero-order valence-corrected chi connectivity index (χ0v) is 14.8. The van der Waals surface area contributed by atoms with Crippen molar-refractivity contribution in [2.45, 2.75) is 26.2 Å². The fourth-order valence-corrected chi connectivity index (χ4v) is 2.61. The van der Waals surface area contributed by atoms with E-state index in [4.69, 9.17) is 9.15 Å². The summed E-state index contributed by atoms with van der Waals surface area (Å²) in [6, 6.07) is 16.0. The van der Waals surface area contributed by atoms with Crippen LogP contribution in [0.2, 0.25) is 0 Å². The third kappa shape index (κ3) is 4.30. The zero-order chi connectivity index (χ0) is 18.5. The summed E-state index contributed by atoms with van der Waals surface area (Å²) in [4.78, 5) is 23.3. The molecule has 0 aliphatic rings. The highest BCUT2D eigenvalue weighted by atomic mass is 16.5. The maximum absolute atomic E-state index is 12.1. The first-order valence-corrected chi connectivity index (χ1v) is 8.61. The second-order valence-corrected chi connectivity index (χ2v) is 6.22. The molecule has 1 heterocycles. The van der Waals surface area contributed by atoms with Crippen molar-refractivity contribution in [1.82, 2.24) is 0 Å². The molecule has 0 bridgehead atoms. The molecular formula is C21H21NO4. The van der Waals surface area contributed by atoms with Crippen LogP contribution in [-0.2, 0) is 4.79 Å². The van der Waals surface area contributed by atoms with Crippen LogP contribution in [0, 0.1) is 0 Å². The van der Waals surface area contributed by atoms with E-state index < -0.39 is 5.63 Å². The summed E-state index contributed by atoms with van der Waals surface area (Å²) in [6.07, 6.45) is 1.07. The molecule has 5 nitrogen and oxygen atoms in total. The van der Waals surface area contributed by atoms with Gasteiger partial charge in [-0.2, -0.15) is 0 Å². The average Bonchev–Trinajstić information content (AvgIpc) is 2.66. The van der Waals surface area contributed by atoms with Gasteiger partial charge in [0.25, 0.3) is 5.91 Å². The molecule has 0 aliphatic carbocycles. The summed E-state index contributed by atoms with van der Waals surface area (Å²) in [5.41, 5.74) is 1.99. The SMILES string of the molecule is CCC(C)c1ccc(NC(=O)COc2ccc3ccc(=O)oc3c2)cc1. The first-order valence-electron chi connectivity index (χ1n) is 8.61. The summed E-state index contributed by atoms with van der Waals surface area (Å²) in [6.45, 7) is 4.19. The van der Waals surface area contributed by atoms with E-state index in [2.05, 4.69) is 19.2 Å². The fraction of sp³-hybridized carbons (Fsp3) is 0.238. The van der Waals surface area contributed by atoms with Crippen molar-refractivity contribution in [3.63, 3.8) is 0 Å². The van der Waals surface area contributed by atoms with Crippen molar-refractivity contribution < 1.29 is 13.9 Å². The largest absolute Gasteiger partial charge is 0.484 e. The number of hydrogen-bond acceptors (Lipinski definition) is 4. The Labute approximate surface area is 151 Å². The van der Waals surface area contributed by atoms with Gasteiger partial charge >= 0.3 is 5.63 Å². The predicted molar refractivity (Wildman–Crippen MR) is 102 cm³/mol. The molecule has 3 aromatic rings. The van der Waals surface area contributed by atoms with Gasteiger partial charge in [-0.1, -0.05) is 26.0 Å². The summed E-state index contributed by atoms with van der Waals surface area (Å²) >= 11 is 0. The van der Waals surface area contributed by atoms with Crippen molar-refractivity contribution in [2.75, 3.05) is 11.9 Å². The average molecular weight is 351 g/mol. The second-order valence-electron chi connectivity index (χ2n) is 6.22. The predicted octanol–water partition coefficient (Wildman–Crippen LogP) is 4.32. The molecule has 0 spiro atoms. The molecule has 26 heavy (non-hydrogen) atoms. The number of ether oxygens (including phenoxy) is 1. The molecule has 0 saturated heterocycles. The Balaban J connectivity index is 1.59. The van der Waals surface area contributed by atoms with Crippen molar-refractivity contribution in [1.29, 1.82) is 0 Å². The van der Waals surface area contributed by atoms with Crippen LogP contribution in [0.3, 0.4) is 0 Å². The normalized spacial score (nSPS) is 11.9. The quantitative estimate of drug-likeness (QED) is 0.671. The molecule has 0 radical (unpaired) electrons. The lowest BCUT2D eigenvalue weighted by atomic mass is 9.99. The first-order chi connectivity index (χ1) is 12.5. The van der Waals surface area contributed by atoms with Crippen LogP contribution in [0.1, 0.15) is 31.7 Å². The van der Waals surface area contributed by atoms with Crippen LogP contribution in [0.4, 0.5) is 5.69 Å². The van der Waals surface area contributed by atoms with Gasteiger partial charge in [0.15, 0.2) is 6.61 Å². The molecule has 0 saturated carbocycles. The first kappa shape index (κ1) is 17.7. The van der Waals surface area contributed by atoms with E-state index in [0.717, 1.165) is 17.5 Å². The second kappa shape index (κ2) is 7.87. The van der Waals surface area contributed by atoms with Crippen LogP contribution in [0.25, 0.3) is 11.0 Å². The number of rotatable bonds is 6. The van der Waals surface area contributed by atoms with Gasteiger partial charge in [0, 0.05) is 23.2 Å². The lowest BCUT2D eigenvalue weighted by Crippen LogP contribution is -2.20. The molecule has 0 fully saturated rings. The number of fused-ring (bicyclic) bond motifs is 1. The van der Waals surface area contributed by atoms with Crippen LogP contribution in [0.15, 0.2) is 63.8 Å². The van der Waals surface area contributed by atoms with Crippen LogP contribution >= 0.6 is 0 Å². The molecule has 1 unspecified atom stereocenters. The Bertz CT molecular complexity index is 960. The number of carbonyl (C=O) groups is 1. The van der Waals surface area contributed by atoms with Gasteiger partial charge in [-0.3, -0.25) is 4.79 Å². The van der Waals surface area contributed by atoms with Crippen molar-refractivity contribution in [3.05, 3.63) is 70.6 Å². The Hall–Kier alpha value is -3.08. The monoisotopic (exact) mass is 351 g/mol. The van der Waals surface area contributed by atoms with Gasteiger partial charge < -0.3 is 14.5 Å². The zero-order valence-electron chi connectivity index (χ0n) is 14.8. The van der Waals surface area contributed by atoms with E-state index in [1.165, 1.54) is 11.6 Å². The van der Waals surface area contributed by atoms with Crippen LogP contribution < -0.4 is 15.7 Å². The minimum Gasteiger partial charge on any atom is -0.484 e. The molecule has 1 atom stereocenters. The summed E-state index contributed by atoms with van der Waals surface area (Å²) in [5, 5.41) is 3.60. The van der Waals surface area contributed by atoms with Gasteiger partial charge in [-0.05, 0) is 48.2 Å². The van der Waals surface area contributed by atoms with Gasteiger partial charge in [-0.25, -0.2) is 4.79 Å². The van der Waals surface area contributed by atoms with Gasteiger partial charge in [-0.15, -0.1) is 0 Å². The van der Waals surface area contributed by atoms with E-state index in [1.807, 2.05) is 24.3 Å². The summed E-state index contributed by atoms with van der Waals surface area (Å²) in [5.74, 6) is 0.709. The molecule has 1 amide bonds. The number of hydrogen-bond donors (Lipinski definition) is 1. The third-order valence-corrected chi connectivity index (χ3v) is 4.34. The number of carbonyl (C=O) groups excluding carboxylic acids is 1. The maximum atomic E-state index is 12.1. The van der Waals surface area contributed by atoms with E-state index >= 15 is 0 Å². The Kier molecular flexibility index (Phi) is 5.37. The molecule has 134 valence electrons. The Morgan fingerprint density at radius 1 is 1.12 bits per heavy atom. The smallest absolute Gasteiger partial charge is 0.336 e. The molecular weight excluding hydrogens is 330 g/mol. The summed E-state index contributed by atoms with van der Waals surface area (Å²) < 4.78 is 10.6. The standard InChI is InChI=1S/C21H21NO4/c1-3-14(2)15-4-8-17(9-5-15)22-20(23)13-25-18-10-6-16-7-11-21(24)26-19(16)12-18/h4-12,14H,3,13H2,1-2H3,(H,22,23). The van der Waals surface area contributed by atoms with E-state index in [0.29, 0.717) is 17.3 Å². The molecule has 1 N–H and O–H groups in total. The number of nitrogens with one attached hydrogen (secondary N) is 1. The Morgan fingerprint density at radius 2 is 1.85 bits per heavy atom. The highest BCUT2D eigenvalue weighted by Crippen LogP contribution is 2.21. The van der Waals surface area contributed by atoms with Gasteiger partial charge in [0.2, 0.25) is 0 Å². The summed E-state index contributed by atoms with van der Waals surface area (Å²) in [7, 11) is 0. The molecule has 1 aromatic heterocycles. The molecule has 5 heteroatoms. The number of anilines is 1. The highest BCUT2D eigenvalue weighted by molar-refractivity contribution is 5.92. The maximum Gasteiger partial charge on any atom is 0.336 e. The minimum absolute atomic E-state index is 0.129. The third-order valence-electron chi connectivity index (χ3n) is 4.34. The Morgan fingerprint density at radius 3 is 2.58 bits per heavy atom. The van der Waals surface area contributed by atoms with Crippen molar-refractivity contribution in [3.8, 4) is 5.75 Å². The number of benzene rings is 2. The minimum atomic E-state index is -0.423. The molecule has 2 aromatic carbocycles. The lowest BCUT2D eigenvalue weighted by molar-refractivity contribution is -0.118. The van der Waals surface area contributed by atoms with Crippen LogP contribution in [-0.4, -0.2) is 12.5 Å². The van der Waals surface area contributed by atoms with E-state index in [1.54, 1.807) is 24.3 Å². The number of amides is 1. The van der Waals surface area contributed by atoms with E-state index in [-0.39, 0.29) is 12.5 Å². The fourth-order valence-electron chi connectivity index (χ4n) is 2.61. The molecule has 3 rings (SSSR count). The van der Waals surface area contributed by atoms with E-state index in [9.17, 15) is 9.59 Å². The topological polar surface area (TPSA) is 68.5 Å². The van der Waals surface area contributed by atoms with Crippen LogP contribution in [0.5, 0.6) is 5.75 Å². The molecule has 0 aliphatic heterocycles. The van der Waals surface area contributed by atoms with Gasteiger partial charge in [0.05, 0.1) is 0 Å². The van der Waals surface area contributed by atoms with Gasteiger partial charge in [0.1, 0.15) is 11.3 Å². The van der Waals surface area contributed by atoms with Crippen molar-refractivity contribution >= 4 is 22.6 Å². The highest BCUT2D eigenvalue weighted by Gasteiger charge is 2.07.